The molecule has 1 aromatic heterocycles. The van der Waals surface area contributed by atoms with Crippen LogP contribution in [0.25, 0.3) is 0 Å². The monoisotopic (exact) mass is 281 g/mol. The summed E-state index contributed by atoms with van der Waals surface area (Å²) in [6.45, 7) is 1.99. The molecule has 1 saturated carbocycles. The van der Waals surface area contributed by atoms with Gasteiger partial charge in [-0.25, -0.2) is 0 Å². The van der Waals surface area contributed by atoms with Gasteiger partial charge in [0.1, 0.15) is 0 Å². The Balaban J connectivity index is 1.87. The second kappa shape index (κ2) is 6.19. The smallest absolute Gasteiger partial charge is 0.308 e. The molecule has 0 bridgehead atoms. The molecule has 5 heteroatoms. The molecule has 0 radical (unpaired) electrons. The highest BCUT2D eigenvalue weighted by Gasteiger charge is 2.34. The van der Waals surface area contributed by atoms with Gasteiger partial charge in [0.2, 0.25) is 5.91 Å². The number of carboxylic acids is 1. The van der Waals surface area contributed by atoms with Crippen molar-refractivity contribution in [2.45, 2.75) is 38.6 Å². The molecular weight excluding hydrogens is 262 g/mol. The maximum atomic E-state index is 12.2. The molecule has 1 aliphatic carbocycles. The maximum Gasteiger partial charge on any atom is 0.308 e. The predicted molar refractivity (Wildman–Crippen MR) is 74.2 cm³/mol. The van der Waals surface area contributed by atoms with Gasteiger partial charge >= 0.3 is 5.97 Å². The van der Waals surface area contributed by atoms with Crippen molar-refractivity contribution in [3.8, 4) is 0 Å². The first-order valence-corrected chi connectivity index (χ1v) is 7.55. The lowest BCUT2D eigenvalue weighted by atomic mass is 10.1. The fraction of sp³-hybridized carbons (Fsp3) is 0.571. The third-order valence-corrected chi connectivity index (χ3v) is 4.14. The van der Waals surface area contributed by atoms with E-state index in [1.807, 2.05) is 11.4 Å². The van der Waals surface area contributed by atoms with Crippen molar-refractivity contribution in [2.75, 3.05) is 6.54 Å². The standard InChI is InChI=1S/C14H19NO3S/c1-10(14(17)18)8-15(12-3-4-12)13(16)5-2-11-6-7-19-9-11/h6-7,9-10,12H,2-5,8H2,1H3,(H,17,18). The summed E-state index contributed by atoms with van der Waals surface area (Å²) < 4.78 is 0. The highest BCUT2D eigenvalue weighted by atomic mass is 32.1. The number of rotatable bonds is 7. The molecule has 0 saturated heterocycles. The van der Waals surface area contributed by atoms with Gasteiger partial charge in [-0.15, -0.1) is 0 Å². The molecule has 1 N–H and O–H groups in total. The lowest BCUT2D eigenvalue weighted by molar-refractivity contribution is -0.143. The van der Waals surface area contributed by atoms with Crippen molar-refractivity contribution in [3.05, 3.63) is 22.4 Å². The van der Waals surface area contributed by atoms with E-state index in [1.54, 1.807) is 23.2 Å². The molecule has 1 aliphatic rings. The number of amides is 1. The van der Waals surface area contributed by atoms with Crippen LogP contribution in [0.4, 0.5) is 0 Å². The van der Waals surface area contributed by atoms with Crippen molar-refractivity contribution in [1.82, 2.24) is 4.90 Å². The van der Waals surface area contributed by atoms with Crippen LogP contribution in [0.3, 0.4) is 0 Å². The molecule has 19 heavy (non-hydrogen) atoms. The fourth-order valence-electron chi connectivity index (χ4n) is 2.04. The molecule has 1 amide bonds. The Labute approximate surface area is 117 Å². The van der Waals surface area contributed by atoms with E-state index in [9.17, 15) is 9.59 Å². The van der Waals surface area contributed by atoms with Crippen LogP contribution in [0.5, 0.6) is 0 Å². The molecule has 104 valence electrons. The van der Waals surface area contributed by atoms with Crippen molar-refractivity contribution in [3.63, 3.8) is 0 Å². The number of aliphatic carboxylic acids is 1. The van der Waals surface area contributed by atoms with Crippen molar-refractivity contribution in [1.29, 1.82) is 0 Å². The van der Waals surface area contributed by atoms with Gasteiger partial charge in [0, 0.05) is 19.0 Å². The second-order valence-electron chi connectivity index (χ2n) is 5.15. The number of hydrogen-bond acceptors (Lipinski definition) is 3. The number of carbonyl (C=O) groups is 2. The van der Waals surface area contributed by atoms with Gasteiger partial charge in [0.15, 0.2) is 0 Å². The summed E-state index contributed by atoms with van der Waals surface area (Å²) in [7, 11) is 0. The van der Waals surface area contributed by atoms with E-state index >= 15 is 0 Å². The van der Waals surface area contributed by atoms with E-state index in [2.05, 4.69) is 5.38 Å². The van der Waals surface area contributed by atoms with E-state index in [0.29, 0.717) is 13.0 Å². The van der Waals surface area contributed by atoms with Crippen molar-refractivity contribution < 1.29 is 14.7 Å². The molecule has 0 aliphatic heterocycles. The van der Waals surface area contributed by atoms with E-state index < -0.39 is 11.9 Å². The van der Waals surface area contributed by atoms with Gasteiger partial charge in [-0.2, -0.15) is 11.3 Å². The quantitative estimate of drug-likeness (QED) is 0.835. The summed E-state index contributed by atoms with van der Waals surface area (Å²) in [5, 5.41) is 13.0. The molecule has 1 fully saturated rings. The summed E-state index contributed by atoms with van der Waals surface area (Å²) in [6.07, 6.45) is 3.24. The second-order valence-corrected chi connectivity index (χ2v) is 5.93. The highest BCUT2D eigenvalue weighted by molar-refractivity contribution is 7.07. The van der Waals surface area contributed by atoms with Gasteiger partial charge in [0.05, 0.1) is 5.92 Å². The van der Waals surface area contributed by atoms with Crippen LogP contribution in [0.2, 0.25) is 0 Å². The molecule has 1 atom stereocenters. The van der Waals surface area contributed by atoms with Crippen LogP contribution < -0.4 is 0 Å². The van der Waals surface area contributed by atoms with Crippen LogP contribution in [0.15, 0.2) is 16.8 Å². The van der Waals surface area contributed by atoms with E-state index in [-0.39, 0.29) is 11.9 Å². The van der Waals surface area contributed by atoms with Gasteiger partial charge < -0.3 is 10.0 Å². The SMILES string of the molecule is CC(CN(C(=O)CCc1ccsc1)C1CC1)C(=O)O. The summed E-state index contributed by atoms with van der Waals surface area (Å²) in [4.78, 5) is 24.9. The Kier molecular flexibility index (Phi) is 4.58. The molecule has 1 unspecified atom stereocenters. The third kappa shape index (κ3) is 4.06. The zero-order chi connectivity index (χ0) is 13.8. The molecule has 2 rings (SSSR count). The number of carbonyl (C=O) groups excluding carboxylic acids is 1. The summed E-state index contributed by atoms with van der Waals surface area (Å²) in [5.74, 6) is -1.25. The summed E-state index contributed by atoms with van der Waals surface area (Å²) in [5.41, 5.74) is 1.18. The molecular formula is C14H19NO3S. The van der Waals surface area contributed by atoms with Crippen molar-refractivity contribution in [2.24, 2.45) is 5.92 Å². The number of aryl methyl sites for hydroxylation is 1. The third-order valence-electron chi connectivity index (χ3n) is 3.41. The topological polar surface area (TPSA) is 57.6 Å². The molecule has 4 nitrogen and oxygen atoms in total. The number of hydrogen-bond donors (Lipinski definition) is 1. The fourth-order valence-corrected chi connectivity index (χ4v) is 2.75. The average molecular weight is 281 g/mol. The molecule has 1 heterocycles. The van der Waals surface area contributed by atoms with E-state index in [4.69, 9.17) is 5.11 Å². The lowest BCUT2D eigenvalue weighted by Crippen LogP contribution is -2.38. The van der Waals surface area contributed by atoms with Crippen LogP contribution in [-0.4, -0.2) is 34.5 Å². The molecule has 0 spiro atoms. The number of carboxylic acid groups (broad SMARTS) is 1. The Morgan fingerprint density at radius 1 is 1.53 bits per heavy atom. The predicted octanol–water partition coefficient (Wildman–Crippen LogP) is 2.39. The Bertz CT molecular complexity index is 440. The van der Waals surface area contributed by atoms with Gasteiger partial charge in [-0.3, -0.25) is 9.59 Å². The summed E-state index contributed by atoms with van der Waals surface area (Å²) in [6, 6.07) is 2.30. The van der Waals surface area contributed by atoms with Crippen LogP contribution in [0.1, 0.15) is 31.7 Å². The molecule has 1 aromatic rings. The highest BCUT2D eigenvalue weighted by Crippen LogP contribution is 2.28. The number of nitrogens with zero attached hydrogens (tertiary/aromatic N) is 1. The molecule has 0 aromatic carbocycles. The average Bonchev–Trinajstić information content (AvgIpc) is 3.08. The minimum Gasteiger partial charge on any atom is -0.481 e. The first-order valence-electron chi connectivity index (χ1n) is 6.61. The normalized spacial score (nSPS) is 16.1. The Morgan fingerprint density at radius 2 is 2.26 bits per heavy atom. The van der Waals surface area contributed by atoms with E-state index in [1.165, 1.54) is 5.56 Å². The first-order chi connectivity index (χ1) is 9.08. The van der Waals surface area contributed by atoms with Crippen LogP contribution >= 0.6 is 11.3 Å². The largest absolute Gasteiger partial charge is 0.481 e. The van der Waals surface area contributed by atoms with Crippen LogP contribution in [0, 0.1) is 5.92 Å². The summed E-state index contributed by atoms with van der Waals surface area (Å²) >= 11 is 1.63. The van der Waals surface area contributed by atoms with Crippen LogP contribution in [-0.2, 0) is 16.0 Å². The Hall–Kier alpha value is -1.36. The Morgan fingerprint density at radius 3 is 2.79 bits per heavy atom. The van der Waals surface area contributed by atoms with Crippen molar-refractivity contribution >= 4 is 23.2 Å². The maximum absolute atomic E-state index is 12.2. The lowest BCUT2D eigenvalue weighted by Gasteiger charge is -2.24. The zero-order valence-corrected chi connectivity index (χ0v) is 11.9. The minimum atomic E-state index is -0.837. The minimum absolute atomic E-state index is 0.0850. The van der Waals surface area contributed by atoms with Gasteiger partial charge in [-0.05, 0) is 41.7 Å². The zero-order valence-electron chi connectivity index (χ0n) is 11.0. The first kappa shape index (κ1) is 14.1. The van der Waals surface area contributed by atoms with Gasteiger partial charge in [0.25, 0.3) is 0 Å². The van der Waals surface area contributed by atoms with Gasteiger partial charge in [-0.1, -0.05) is 6.92 Å². The number of thiophene rings is 1. The van der Waals surface area contributed by atoms with E-state index in [0.717, 1.165) is 19.3 Å².